The first-order valence-electron chi connectivity index (χ1n) is 4.92. The number of esters is 1. The molecule has 0 aromatic carbocycles. The molecule has 0 bridgehead atoms. The lowest BCUT2D eigenvalue weighted by Crippen LogP contribution is -2.34. The topological polar surface area (TPSA) is 71.5 Å². The molecule has 5 heteroatoms. The van der Waals surface area contributed by atoms with Crippen molar-refractivity contribution in [3.63, 3.8) is 0 Å². The number of pyridine rings is 1. The van der Waals surface area contributed by atoms with Crippen LogP contribution in [-0.2, 0) is 4.74 Å². The van der Waals surface area contributed by atoms with Crippen LogP contribution in [0.15, 0.2) is 18.3 Å². The maximum absolute atomic E-state index is 11.2. The summed E-state index contributed by atoms with van der Waals surface area (Å²) in [7, 11) is 1.31. The Morgan fingerprint density at radius 1 is 1.62 bits per heavy atom. The van der Waals surface area contributed by atoms with Gasteiger partial charge in [0.15, 0.2) is 0 Å². The van der Waals surface area contributed by atoms with E-state index >= 15 is 0 Å². The Labute approximate surface area is 94.5 Å². The molecule has 1 rings (SSSR count). The first-order valence-corrected chi connectivity index (χ1v) is 4.92. The van der Waals surface area contributed by atoms with Crippen LogP contribution in [0, 0.1) is 0 Å². The van der Waals surface area contributed by atoms with E-state index in [4.69, 9.17) is 5.11 Å². The fourth-order valence-corrected chi connectivity index (χ4v) is 1.15. The summed E-state index contributed by atoms with van der Waals surface area (Å²) in [6.07, 6.45) is 1.52. The number of methoxy groups -OCH3 is 1. The standard InChI is InChI=1S/C11H16N2O3/c1-11(2,7-14)13-8-4-5-12-9(6-8)10(15)16-3/h4-6,14H,7H2,1-3H3,(H,12,13). The molecule has 1 aromatic rings. The summed E-state index contributed by atoms with van der Waals surface area (Å²) in [6, 6.07) is 3.31. The Hall–Kier alpha value is -1.62. The van der Waals surface area contributed by atoms with Crippen molar-refractivity contribution in [2.75, 3.05) is 19.0 Å². The summed E-state index contributed by atoms with van der Waals surface area (Å²) in [4.78, 5) is 15.1. The zero-order valence-electron chi connectivity index (χ0n) is 9.65. The molecular formula is C11H16N2O3. The van der Waals surface area contributed by atoms with Crippen LogP contribution in [-0.4, -0.2) is 35.3 Å². The minimum absolute atomic E-state index is 0.0110. The van der Waals surface area contributed by atoms with Gasteiger partial charge in [0.05, 0.1) is 19.3 Å². The first-order chi connectivity index (χ1) is 7.48. The summed E-state index contributed by atoms with van der Waals surface area (Å²) in [5.41, 5.74) is 0.505. The SMILES string of the molecule is COC(=O)c1cc(NC(C)(C)CO)ccn1. The summed E-state index contributed by atoms with van der Waals surface area (Å²) in [5, 5.41) is 12.2. The van der Waals surface area contributed by atoms with Gasteiger partial charge in [-0.05, 0) is 26.0 Å². The molecule has 1 aromatic heterocycles. The zero-order chi connectivity index (χ0) is 12.2. The number of anilines is 1. The third-order valence-electron chi connectivity index (χ3n) is 2.03. The van der Waals surface area contributed by atoms with Gasteiger partial charge < -0.3 is 15.2 Å². The van der Waals surface area contributed by atoms with Gasteiger partial charge in [-0.2, -0.15) is 0 Å². The Morgan fingerprint density at radius 3 is 2.88 bits per heavy atom. The predicted molar refractivity (Wildman–Crippen MR) is 60.4 cm³/mol. The van der Waals surface area contributed by atoms with E-state index in [1.807, 2.05) is 13.8 Å². The van der Waals surface area contributed by atoms with Crippen molar-refractivity contribution in [3.8, 4) is 0 Å². The van der Waals surface area contributed by atoms with E-state index in [1.165, 1.54) is 13.3 Å². The highest BCUT2D eigenvalue weighted by Gasteiger charge is 2.16. The number of aliphatic hydroxyl groups excluding tert-OH is 1. The number of carbonyl (C=O) groups is 1. The Bertz CT molecular complexity index is 377. The van der Waals surface area contributed by atoms with Crippen LogP contribution in [0.3, 0.4) is 0 Å². The van der Waals surface area contributed by atoms with Crippen LogP contribution in [0.5, 0.6) is 0 Å². The summed E-state index contributed by atoms with van der Waals surface area (Å²) >= 11 is 0. The normalized spacial score (nSPS) is 11.0. The molecule has 0 aliphatic rings. The van der Waals surface area contributed by atoms with Gasteiger partial charge in [-0.25, -0.2) is 9.78 Å². The van der Waals surface area contributed by atoms with Crippen molar-refractivity contribution in [3.05, 3.63) is 24.0 Å². The second-order valence-electron chi connectivity index (χ2n) is 4.09. The fourth-order valence-electron chi connectivity index (χ4n) is 1.15. The lowest BCUT2D eigenvalue weighted by Gasteiger charge is -2.24. The predicted octanol–water partition coefficient (Wildman–Crippen LogP) is 1.05. The number of aromatic nitrogens is 1. The Morgan fingerprint density at radius 2 is 2.31 bits per heavy atom. The van der Waals surface area contributed by atoms with E-state index in [0.29, 0.717) is 0 Å². The molecule has 0 unspecified atom stereocenters. The minimum atomic E-state index is -0.481. The molecule has 2 N–H and O–H groups in total. The maximum atomic E-state index is 11.2. The molecule has 0 radical (unpaired) electrons. The van der Waals surface area contributed by atoms with Gasteiger partial charge in [0.1, 0.15) is 5.69 Å². The fraction of sp³-hybridized carbons (Fsp3) is 0.455. The van der Waals surface area contributed by atoms with E-state index in [2.05, 4.69) is 15.0 Å². The molecule has 5 nitrogen and oxygen atoms in total. The molecule has 0 aliphatic heterocycles. The highest BCUT2D eigenvalue weighted by Crippen LogP contribution is 2.15. The average Bonchev–Trinajstić information content (AvgIpc) is 2.28. The number of nitrogens with one attached hydrogen (secondary N) is 1. The van der Waals surface area contributed by atoms with Gasteiger partial charge in [-0.3, -0.25) is 0 Å². The number of carbonyl (C=O) groups excluding carboxylic acids is 1. The van der Waals surface area contributed by atoms with Gasteiger partial charge in [-0.1, -0.05) is 0 Å². The van der Waals surface area contributed by atoms with Crippen LogP contribution in [0.25, 0.3) is 0 Å². The number of ether oxygens (including phenoxy) is 1. The van der Waals surface area contributed by atoms with Crippen molar-refractivity contribution >= 4 is 11.7 Å². The van der Waals surface area contributed by atoms with Crippen LogP contribution in [0.2, 0.25) is 0 Å². The number of aliphatic hydroxyl groups is 1. The van der Waals surface area contributed by atoms with Crippen LogP contribution in [0.1, 0.15) is 24.3 Å². The van der Waals surface area contributed by atoms with Gasteiger partial charge in [0.2, 0.25) is 0 Å². The van der Waals surface area contributed by atoms with Crippen LogP contribution < -0.4 is 5.32 Å². The molecule has 0 amide bonds. The second-order valence-corrected chi connectivity index (χ2v) is 4.09. The van der Waals surface area contributed by atoms with E-state index in [1.54, 1.807) is 12.1 Å². The highest BCUT2D eigenvalue weighted by atomic mass is 16.5. The molecule has 0 saturated heterocycles. The summed E-state index contributed by atoms with van der Waals surface area (Å²) < 4.78 is 4.57. The van der Waals surface area contributed by atoms with E-state index in [9.17, 15) is 4.79 Å². The number of hydrogen-bond acceptors (Lipinski definition) is 5. The maximum Gasteiger partial charge on any atom is 0.356 e. The number of hydrogen-bond donors (Lipinski definition) is 2. The van der Waals surface area contributed by atoms with Crippen molar-refractivity contribution in [2.24, 2.45) is 0 Å². The van der Waals surface area contributed by atoms with E-state index in [0.717, 1.165) is 5.69 Å². The van der Waals surface area contributed by atoms with Crippen LogP contribution in [0.4, 0.5) is 5.69 Å². The Kier molecular flexibility index (Phi) is 3.84. The van der Waals surface area contributed by atoms with Crippen molar-refractivity contribution < 1.29 is 14.6 Å². The van der Waals surface area contributed by atoms with Gasteiger partial charge in [-0.15, -0.1) is 0 Å². The molecule has 0 aliphatic carbocycles. The number of nitrogens with zero attached hydrogens (tertiary/aromatic N) is 1. The monoisotopic (exact) mass is 224 g/mol. The molecule has 0 saturated carbocycles. The Balaban J connectivity index is 2.87. The first kappa shape index (κ1) is 12.4. The smallest absolute Gasteiger partial charge is 0.356 e. The van der Waals surface area contributed by atoms with Gasteiger partial charge in [0.25, 0.3) is 0 Å². The highest BCUT2D eigenvalue weighted by molar-refractivity contribution is 5.88. The van der Waals surface area contributed by atoms with Crippen molar-refractivity contribution in [1.82, 2.24) is 4.98 Å². The lowest BCUT2D eigenvalue weighted by atomic mass is 10.1. The quantitative estimate of drug-likeness (QED) is 0.748. The molecule has 0 spiro atoms. The zero-order valence-corrected chi connectivity index (χ0v) is 9.65. The van der Waals surface area contributed by atoms with Crippen molar-refractivity contribution in [1.29, 1.82) is 0 Å². The van der Waals surface area contributed by atoms with Gasteiger partial charge in [0, 0.05) is 11.9 Å². The van der Waals surface area contributed by atoms with Crippen molar-refractivity contribution in [2.45, 2.75) is 19.4 Å². The molecule has 0 atom stereocenters. The third kappa shape index (κ3) is 3.20. The molecule has 88 valence electrons. The number of rotatable bonds is 4. The summed E-state index contributed by atoms with van der Waals surface area (Å²) in [5.74, 6) is -0.481. The summed E-state index contributed by atoms with van der Waals surface area (Å²) in [6.45, 7) is 3.69. The van der Waals surface area contributed by atoms with Crippen LogP contribution >= 0.6 is 0 Å². The lowest BCUT2D eigenvalue weighted by molar-refractivity contribution is 0.0594. The third-order valence-corrected chi connectivity index (χ3v) is 2.03. The molecule has 16 heavy (non-hydrogen) atoms. The van der Waals surface area contributed by atoms with E-state index in [-0.39, 0.29) is 12.3 Å². The largest absolute Gasteiger partial charge is 0.464 e. The van der Waals surface area contributed by atoms with E-state index < -0.39 is 11.5 Å². The van der Waals surface area contributed by atoms with Gasteiger partial charge >= 0.3 is 5.97 Å². The average molecular weight is 224 g/mol. The molecule has 1 heterocycles. The molecule has 0 fully saturated rings. The minimum Gasteiger partial charge on any atom is -0.464 e. The molecular weight excluding hydrogens is 208 g/mol. The second kappa shape index (κ2) is 4.94.